The zero-order valence-electron chi connectivity index (χ0n) is 6.81. The molecular weight excluding hydrogens is 160 g/mol. The van der Waals surface area contributed by atoms with Crippen LogP contribution in [-0.4, -0.2) is 19.1 Å². The standard InChI is InChI=1S/C9H15ClO/c1-2-3-4-9(7-10)5-6-11-8-9/h2H,1,3-8H2. The third-order valence-electron chi connectivity index (χ3n) is 2.35. The van der Waals surface area contributed by atoms with Crippen molar-refractivity contribution in [1.82, 2.24) is 0 Å². The molecule has 1 aliphatic heterocycles. The summed E-state index contributed by atoms with van der Waals surface area (Å²) in [6, 6.07) is 0. The molecule has 0 aliphatic carbocycles. The molecular formula is C9H15ClO. The van der Waals surface area contributed by atoms with Crippen molar-refractivity contribution in [3.05, 3.63) is 12.7 Å². The van der Waals surface area contributed by atoms with E-state index in [0.29, 0.717) is 0 Å². The smallest absolute Gasteiger partial charge is 0.0534 e. The lowest BCUT2D eigenvalue weighted by molar-refractivity contribution is 0.157. The van der Waals surface area contributed by atoms with Crippen LogP contribution in [0.15, 0.2) is 12.7 Å². The van der Waals surface area contributed by atoms with E-state index in [9.17, 15) is 0 Å². The van der Waals surface area contributed by atoms with Gasteiger partial charge in [0.1, 0.15) is 0 Å². The molecule has 1 nitrogen and oxygen atoms in total. The number of halogens is 1. The van der Waals surface area contributed by atoms with Gasteiger partial charge in [0.2, 0.25) is 0 Å². The summed E-state index contributed by atoms with van der Waals surface area (Å²) in [6.07, 6.45) is 5.24. The predicted molar refractivity (Wildman–Crippen MR) is 48.0 cm³/mol. The van der Waals surface area contributed by atoms with Gasteiger partial charge < -0.3 is 4.74 Å². The van der Waals surface area contributed by atoms with Gasteiger partial charge in [-0.2, -0.15) is 0 Å². The van der Waals surface area contributed by atoms with Crippen molar-refractivity contribution in [3.8, 4) is 0 Å². The molecule has 1 heterocycles. The normalized spacial score (nSPS) is 30.6. The lowest BCUT2D eigenvalue weighted by atomic mass is 9.85. The summed E-state index contributed by atoms with van der Waals surface area (Å²) >= 11 is 5.89. The van der Waals surface area contributed by atoms with E-state index in [1.165, 1.54) is 0 Å². The second-order valence-corrected chi connectivity index (χ2v) is 3.53. The van der Waals surface area contributed by atoms with Gasteiger partial charge in [-0.3, -0.25) is 0 Å². The average molecular weight is 175 g/mol. The first-order valence-electron chi connectivity index (χ1n) is 4.08. The number of ether oxygens (including phenoxy) is 1. The summed E-state index contributed by atoms with van der Waals surface area (Å²) in [6.45, 7) is 5.42. The minimum Gasteiger partial charge on any atom is -0.381 e. The van der Waals surface area contributed by atoms with Gasteiger partial charge in [-0.1, -0.05) is 6.08 Å². The Morgan fingerprint density at radius 1 is 1.64 bits per heavy atom. The highest BCUT2D eigenvalue weighted by atomic mass is 35.5. The van der Waals surface area contributed by atoms with Crippen LogP contribution in [0, 0.1) is 5.41 Å². The largest absolute Gasteiger partial charge is 0.381 e. The van der Waals surface area contributed by atoms with Crippen molar-refractivity contribution >= 4 is 11.6 Å². The first-order chi connectivity index (χ1) is 5.33. The Morgan fingerprint density at radius 3 is 2.91 bits per heavy atom. The van der Waals surface area contributed by atoms with Crippen LogP contribution in [0.3, 0.4) is 0 Å². The van der Waals surface area contributed by atoms with Crippen LogP contribution in [0.1, 0.15) is 19.3 Å². The SMILES string of the molecule is C=CCCC1(CCl)CCOC1. The third-order valence-corrected chi connectivity index (χ3v) is 2.91. The zero-order chi connectivity index (χ0) is 8.16. The van der Waals surface area contributed by atoms with E-state index in [4.69, 9.17) is 16.3 Å². The summed E-state index contributed by atoms with van der Waals surface area (Å²) in [7, 11) is 0. The van der Waals surface area contributed by atoms with Crippen LogP contribution >= 0.6 is 11.6 Å². The van der Waals surface area contributed by atoms with E-state index in [1.807, 2.05) is 6.08 Å². The molecule has 1 saturated heterocycles. The van der Waals surface area contributed by atoms with E-state index >= 15 is 0 Å². The lowest BCUT2D eigenvalue weighted by Crippen LogP contribution is -2.22. The highest BCUT2D eigenvalue weighted by molar-refractivity contribution is 6.18. The lowest BCUT2D eigenvalue weighted by Gasteiger charge is -2.23. The molecule has 0 aromatic rings. The van der Waals surface area contributed by atoms with Crippen molar-refractivity contribution in [3.63, 3.8) is 0 Å². The monoisotopic (exact) mass is 174 g/mol. The Hall–Kier alpha value is -0.0100. The maximum atomic E-state index is 5.89. The van der Waals surface area contributed by atoms with Gasteiger partial charge in [0, 0.05) is 17.9 Å². The van der Waals surface area contributed by atoms with Gasteiger partial charge in [-0.15, -0.1) is 18.2 Å². The molecule has 11 heavy (non-hydrogen) atoms. The van der Waals surface area contributed by atoms with Crippen LogP contribution in [0.5, 0.6) is 0 Å². The number of hydrogen-bond acceptors (Lipinski definition) is 1. The second-order valence-electron chi connectivity index (χ2n) is 3.26. The van der Waals surface area contributed by atoms with Gasteiger partial charge in [0.05, 0.1) is 6.61 Å². The molecule has 0 radical (unpaired) electrons. The summed E-state index contributed by atoms with van der Waals surface area (Å²) in [4.78, 5) is 0. The molecule has 0 bridgehead atoms. The van der Waals surface area contributed by atoms with Crippen LogP contribution in [-0.2, 0) is 4.74 Å². The molecule has 1 rings (SSSR count). The Kier molecular flexibility index (Phi) is 3.41. The highest BCUT2D eigenvalue weighted by Crippen LogP contribution is 2.34. The fourth-order valence-electron chi connectivity index (χ4n) is 1.43. The van der Waals surface area contributed by atoms with Crippen LogP contribution in [0.25, 0.3) is 0 Å². The van der Waals surface area contributed by atoms with E-state index in [0.717, 1.165) is 38.4 Å². The van der Waals surface area contributed by atoms with E-state index in [2.05, 4.69) is 6.58 Å². The van der Waals surface area contributed by atoms with Gasteiger partial charge in [-0.05, 0) is 19.3 Å². The number of rotatable bonds is 4. The Morgan fingerprint density at radius 2 is 2.45 bits per heavy atom. The summed E-state index contributed by atoms with van der Waals surface area (Å²) in [5.41, 5.74) is 0.260. The maximum Gasteiger partial charge on any atom is 0.0534 e. The Balaban J connectivity index is 2.38. The molecule has 0 amide bonds. The fraction of sp³-hybridized carbons (Fsp3) is 0.778. The molecule has 1 fully saturated rings. The number of hydrogen-bond donors (Lipinski definition) is 0. The summed E-state index contributed by atoms with van der Waals surface area (Å²) in [5.74, 6) is 0.723. The van der Waals surface area contributed by atoms with Crippen LogP contribution in [0.2, 0.25) is 0 Å². The van der Waals surface area contributed by atoms with Gasteiger partial charge >= 0.3 is 0 Å². The van der Waals surface area contributed by atoms with Crippen molar-refractivity contribution < 1.29 is 4.74 Å². The molecule has 1 unspecified atom stereocenters. The van der Waals surface area contributed by atoms with Crippen molar-refractivity contribution in [2.75, 3.05) is 19.1 Å². The molecule has 0 aromatic carbocycles. The van der Waals surface area contributed by atoms with Crippen LogP contribution < -0.4 is 0 Å². The van der Waals surface area contributed by atoms with Gasteiger partial charge in [0.25, 0.3) is 0 Å². The Bertz CT molecular complexity index is 128. The molecule has 0 spiro atoms. The summed E-state index contributed by atoms with van der Waals surface area (Å²) < 4.78 is 5.33. The quantitative estimate of drug-likeness (QED) is 0.470. The first kappa shape index (κ1) is 9.08. The average Bonchev–Trinajstić information content (AvgIpc) is 2.50. The van der Waals surface area contributed by atoms with Gasteiger partial charge in [-0.25, -0.2) is 0 Å². The van der Waals surface area contributed by atoms with E-state index in [1.54, 1.807) is 0 Å². The number of allylic oxidation sites excluding steroid dienone is 1. The topological polar surface area (TPSA) is 9.23 Å². The molecule has 1 atom stereocenters. The molecule has 64 valence electrons. The van der Waals surface area contributed by atoms with Crippen molar-refractivity contribution in [1.29, 1.82) is 0 Å². The van der Waals surface area contributed by atoms with Crippen LogP contribution in [0.4, 0.5) is 0 Å². The molecule has 0 N–H and O–H groups in total. The minimum absolute atomic E-state index is 0.260. The molecule has 0 aromatic heterocycles. The molecule has 1 aliphatic rings. The Labute approximate surface area is 73.4 Å². The second kappa shape index (κ2) is 4.13. The maximum absolute atomic E-state index is 5.89. The molecule has 0 saturated carbocycles. The van der Waals surface area contributed by atoms with E-state index < -0.39 is 0 Å². The first-order valence-corrected chi connectivity index (χ1v) is 4.61. The van der Waals surface area contributed by atoms with Crippen molar-refractivity contribution in [2.24, 2.45) is 5.41 Å². The van der Waals surface area contributed by atoms with E-state index in [-0.39, 0.29) is 5.41 Å². The zero-order valence-corrected chi connectivity index (χ0v) is 7.57. The minimum atomic E-state index is 0.260. The fourth-order valence-corrected chi connectivity index (χ4v) is 1.77. The highest BCUT2D eigenvalue weighted by Gasteiger charge is 2.32. The van der Waals surface area contributed by atoms with Crippen molar-refractivity contribution in [2.45, 2.75) is 19.3 Å². The molecule has 2 heteroatoms. The van der Waals surface area contributed by atoms with Gasteiger partial charge in [0.15, 0.2) is 0 Å². The predicted octanol–water partition coefficient (Wildman–Crippen LogP) is 2.60. The third kappa shape index (κ3) is 2.21. The number of alkyl halides is 1. The summed E-state index contributed by atoms with van der Waals surface area (Å²) in [5, 5.41) is 0.